The van der Waals surface area contributed by atoms with Crippen LogP contribution in [0.3, 0.4) is 0 Å². The van der Waals surface area contributed by atoms with Crippen LogP contribution in [0.4, 0.5) is 0 Å². The van der Waals surface area contributed by atoms with Gasteiger partial charge in [-0.15, -0.1) is 0 Å². The van der Waals surface area contributed by atoms with Crippen LogP contribution in [-0.2, 0) is 0 Å². The average Bonchev–Trinajstić information content (AvgIpc) is 2.33. The minimum absolute atomic E-state index is 0.0914. The summed E-state index contributed by atoms with van der Waals surface area (Å²) in [5.41, 5.74) is 3.64. The average molecular weight is 242 g/mol. The molecule has 0 bridgehead atoms. The van der Waals surface area contributed by atoms with Gasteiger partial charge in [-0.25, -0.2) is 4.79 Å². The molecule has 0 aliphatic rings. The van der Waals surface area contributed by atoms with Crippen LogP contribution in [0.2, 0.25) is 0 Å². The molecule has 2 aromatic rings. The lowest BCUT2D eigenvalue weighted by Gasteiger charge is -2.10. The zero-order chi connectivity index (χ0) is 13.3. The minimum Gasteiger partial charge on any atom is -0.507 e. The van der Waals surface area contributed by atoms with Crippen LogP contribution in [0.5, 0.6) is 5.75 Å². The number of benzene rings is 2. The zero-order valence-electron chi connectivity index (χ0n) is 10.3. The molecule has 0 aromatic heterocycles. The fraction of sp³-hybridized carbons (Fsp3) is 0.133. The zero-order valence-corrected chi connectivity index (χ0v) is 10.3. The monoisotopic (exact) mass is 242 g/mol. The minimum atomic E-state index is -0.999. The lowest BCUT2D eigenvalue weighted by molar-refractivity contribution is 0.0697. The Morgan fingerprint density at radius 2 is 1.72 bits per heavy atom. The summed E-state index contributed by atoms with van der Waals surface area (Å²) in [6, 6.07) is 10.2. The van der Waals surface area contributed by atoms with Gasteiger partial charge in [-0.3, -0.25) is 0 Å². The number of hydrogen-bond acceptors (Lipinski definition) is 2. The molecular formula is C15H14O3. The van der Waals surface area contributed by atoms with Crippen LogP contribution in [0.25, 0.3) is 11.1 Å². The quantitative estimate of drug-likeness (QED) is 0.848. The number of hydrogen-bond donors (Lipinski definition) is 2. The van der Waals surface area contributed by atoms with Crippen LogP contribution < -0.4 is 0 Å². The first-order chi connectivity index (χ1) is 8.49. The van der Waals surface area contributed by atoms with Crippen molar-refractivity contribution in [1.82, 2.24) is 0 Å². The van der Waals surface area contributed by atoms with Crippen molar-refractivity contribution in [3.05, 3.63) is 53.1 Å². The summed E-state index contributed by atoms with van der Waals surface area (Å²) < 4.78 is 0. The lowest BCUT2D eigenvalue weighted by atomic mass is 9.96. The molecule has 2 N–H and O–H groups in total. The van der Waals surface area contributed by atoms with Gasteiger partial charge in [0.15, 0.2) is 0 Å². The van der Waals surface area contributed by atoms with Gasteiger partial charge in [0, 0.05) is 5.56 Å². The van der Waals surface area contributed by atoms with Crippen molar-refractivity contribution in [2.45, 2.75) is 13.8 Å². The molecule has 0 atom stereocenters. The molecule has 0 saturated carbocycles. The van der Waals surface area contributed by atoms with Crippen LogP contribution in [0, 0.1) is 13.8 Å². The van der Waals surface area contributed by atoms with E-state index in [0.717, 1.165) is 16.7 Å². The largest absolute Gasteiger partial charge is 0.507 e. The standard InChI is InChI=1S/C15H14O3/c1-9-3-4-10(2)12(7-9)13-8-11(15(17)18)5-6-14(13)16/h3-8,16H,1-2H3,(H,17,18). The highest BCUT2D eigenvalue weighted by Gasteiger charge is 2.11. The van der Waals surface area contributed by atoms with Crippen LogP contribution >= 0.6 is 0 Å². The lowest BCUT2D eigenvalue weighted by Crippen LogP contribution is -1.96. The van der Waals surface area contributed by atoms with E-state index in [1.807, 2.05) is 32.0 Å². The molecule has 0 radical (unpaired) electrons. The highest BCUT2D eigenvalue weighted by atomic mass is 16.4. The number of phenolic OH excluding ortho intramolecular Hbond substituents is 1. The molecule has 2 rings (SSSR count). The van der Waals surface area contributed by atoms with Gasteiger partial charge < -0.3 is 10.2 Å². The number of carboxylic acid groups (broad SMARTS) is 1. The van der Waals surface area contributed by atoms with Crippen LogP contribution in [0.15, 0.2) is 36.4 Å². The summed E-state index contributed by atoms with van der Waals surface area (Å²) in [4.78, 5) is 11.0. The Morgan fingerprint density at radius 3 is 2.39 bits per heavy atom. The number of aromatic hydroxyl groups is 1. The molecule has 2 aromatic carbocycles. The predicted octanol–water partition coefficient (Wildman–Crippen LogP) is 3.37. The van der Waals surface area contributed by atoms with Gasteiger partial charge in [0.1, 0.15) is 5.75 Å². The molecule has 0 spiro atoms. The van der Waals surface area contributed by atoms with Gasteiger partial charge in [-0.2, -0.15) is 0 Å². The summed E-state index contributed by atoms with van der Waals surface area (Å²) >= 11 is 0. The Kier molecular flexibility index (Phi) is 3.06. The third-order valence-electron chi connectivity index (χ3n) is 2.93. The fourth-order valence-corrected chi connectivity index (χ4v) is 1.91. The molecule has 0 unspecified atom stereocenters. The molecule has 3 heteroatoms. The molecule has 0 saturated heterocycles. The topological polar surface area (TPSA) is 57.5 Å². The van der Waals surface area contributed by atoms with Gasteiger partial charge in [-0.05, 0) is 43.2 Å². The van der Waals surface area contributed by atoms with E-state index in [1.165, 1.54) is 18.2 Å². The predicted molar refractivity (Wildman–Crippen MR) is 70.0 cm³/mol. The second-order valence-electron chi connectivity index (χ2n) is 4.36. The Bertz CT molecular complexity index is 615. The molecule has 92 valence electrons. The van der Waals surface area contributed by atoms with Crippen LogP contribution in [0.1, 0.15) is 21.5 Å². The number of aromatic carboxylic acids is 1. The number of rotatable bonds is 2. The first-order valence-corrected chi connectivity index (χ1v) is 5.63. The van der Waals surface area contributed by atoms with E-state index in [1.54, 1.807) is 0 Å². The van der Waals surface area contributed by atoms with E-state index < -0.39 is 5.97 Å². The fourth-order valence-electron chi connectivity index (χ4n) is 1.91. The maximum Gasteiger partial charge on any atom is 0.335 e. The van der Waals surface area contributed by atoms with E-state index in [9.17, 15) is 9.90 Å². The van der Waals surface area contributed by atoms with Gasteiger partial charge in [-0.1, -0.05) is 23.8 Å². The van der Waals surface area contributed by atoms with Crippen molar-refractivity contribution < 1.29 is 15.0 Å². The van der Waals surface area contributed by atoms with Crippen molar-refractivity contribution in [3.8, 4) is 16.9 Å². The smallest absolute Gasteiger partial charge is 0.335 e. The van der Waals surface area contributed by atoms with Crippen molar-refractivity contribution in [1.29, 1.82) is 0 Å². The second-order valence-corrected chi connectivity index (χ2v) is 4.36. The number of phenols is 1. The number of aryl methyl sites for hydroxylation is 2. The van der Waals surface area contributed by atoms with Crippen molar-refractivity contribution in [3.63, 3.8) is 0 Å². The van der Waals surface area contributed by atoms with Gasteiger partial charge in [0.25, 0.3) is 0 Å². The van der Waals surface area contributed by atoms with E-state index in [2.05, 4.69) is 0 Å². The van der Waals surface area contributed by atoms with Crippen molar-refractivity contribution in [2.24, 2.45) is 0 Å². The summed E-state index contributed by atoms with van der Waals surface area (Å²) in [5.74, 6) is -0.907. The Hall–Kier alpha value is -2.29. The van der Waals surface area contributed by atoms with E-state index >= 15 is 0 Å². The summed E-state index contributed by atoms with van der Waals surface area (Å²) in [6.07, 6.45) is 0. The first-order valence-electron chi connectivity index (χ1n) is 5.63. The highest BCUT2D eigenvalue weighted by Crippen LogP contribution is 2.32. The maximum absolute atomic E-state index is 11.0. The highest BCUT2D eigenvalue weighted by molar-refractivity contribution is 5.90. The van der Waals surface area contributed by atoms with Crippen molar-refractivity contribution >= 4 is 5.97 Å². The molecule has 18 heavy (non-hydrogen) atoms. The molecule has 0 aliphatic carbocycles. The number of carbonyl (C=O) groups is 1. The molecule has 0 aliphatic heterocycles. The summed E-state index contributed by atoms with van der Waals surface area (Å²) in [7, 11) is 0. The van der Waals surface area contributed by atoms with Gasteiger partial charge in [0.2, 0.25) is 0 Å². The molecule has 0 fully saturated rings. The van der Waals surface area contributed by atoms with Crippen molar-refractivity contribution in [2.75, 3.05) is 0 Å². The molecule has 3 nitrogen and oxygen atoms in total. The van der Waals surface area contributed by atoms with Gasteiger partial charge >= 0.3 is 5.97 Å². The third kappa shape index (κ3) is 2.20. The first kappa shape index (κ1) is 12.2. The Morgan fingerprint density at radius 1 is 1.00 bits per heavy atom. The van der Waals surface area contributed by atoms with Crippen LogP contribution in [-0.4, -0.2) is 16.2 Å². The third-order valence-corrected chi connectivity index (χ3v) is 2.93. The Labute approximate surface area is 105 Å². The van der Waals surface area contributed by atoms with E-state index in [0.29, 0.717) is 5.56 Å². The number of carboxylic acids is 1. The maximum atomic E-state index is 11.0. The summed E-state index contributed by atoms with van der Waals surface area (Å²) in [6.45, 7) is 3.89. The molecule has 0 amide bonds. The molecule has 0 heterocycles. The van der Waals surface area contributed by atoms with E-state index in [4.69, 9.17) is 5.11 Å². The Balaban J connectivity index is 2.66. The van der Waals surface area contributed by atoms with E-state index in [-0.39, 0.29) is 11.3 Å². The normalized spacial score (nSPS) is 10.3. The second kappa shape index (κ2) is 4.53. The van der Waals surface area contributed by atoms with Gasteiger partial charge in [0.05, 0.1) is 5.56 Å². The molecular weight excluding hydrogens is 228 g/mol. The summed E-state index contributed by atoms with van der Waals surface area (Å²) in [5, 5.41) is 18.9. The SMILES string of the molecule is Cc1ccc(C)c(-c2cc(C(=O)O)ccc2O)c1.